The smallest absolute Gasteiger partial charge is 0.219 e. The first kappa shape index (κ1) is 20.6. The predicted molar refractivity (Wildman–Crippen MR) is 130 cm³/mol. The second kappa shape index (κ2) is 8.67. The molecule has 4 heterocycles. The lowest BCUT2D eigenvalue weighted by Crippen LogP contribution is -2.45. The minimum absolute atomic E-state index is 0.121. The third-order valence-corrected chi connectivity index (χ3v) is 7.10. The Morgan fingerprint density at radius 3 is 2.50 bits per heavy atom. The zero-order valence-electron chi connectivity index (χ0n) is 18.2. The molecule has 1 saturated heterocycles. The first-order valence-electron chi connectivity index (χ1n) is 10.8. The highest BCUT2D eigenvalue weighted by molar-refractivity contribution is 7.17. The lowest BCUT2D eigenvalue weighted by atomic mass is 10.0. The lowest BCUT2D eigenvalue weighted by Gasteiger charge is -2.37. The number of amides is 1. The fraction of sp³-hybridized carbons (Fsp3) is 0.280. The summed E-state index contributed by atoms with van der Waals surface area (Å²) in [6.45, 7) is 3.34. The monoisotopic (exact) mass is 443 g/mol. The molecule has 5 rings (SSSR count). The van der Waals surface area contributed by atoms with E-state index in [9.17, 15) is 4.79 Å². The fourth-order valence-electron chi connectivity index (χ4n) is 4.33. The van der Waals surface area contributed by atoms with E-state index in [4.69, 9.17) is 9.97 Å². The standard InChI is InChI=1S/C25H25N5OS/c1-17(31)29(2)20-10-13-30(14-11-20)24-22-21(18-7-4-3-5-8-18)16-32-25(22)28-23(27-24)19-9-6-12-26-15-19/h3-9,12,15-16,20H,10-11,13-14H2,1-2H3. The van der Waals surface area contributed by atoms with Crippen LogP contribution in [0.4, 0.5) is 5.82 Å². The summed E-state index contributed by atoms with van der Waals surface area (Å²) in [5.74, 6) is 1.79. The quantitative estimate of drug-likeness (QED) is 0.450. The Balaban J connectivity index is 1.59. The number of carbonyl (C=O) groups is 1. The first-order valence-corrected chi connectivity index (χ1v) is 11.7. The van der Waals surface area contributed by atoms with Crippen LogP contribution in [0.2, 0.25) is 0 Å². The van der Waals surface area contributed by atoms with Crippen molar-refractivity contribution >= 4 is 33.3 Å². The van der Waals surface area contributed by atoms with Crippen molar-refractivity contribution in [2.75, 3.05) is 25.0 Å². The molecule has 1 fully saturated rings. The number of pyridine rings is 1. The van der Waals surface area contributed by atoms with Gasteiger partial charge < -0.3 is 9.80 Å². The number of fused-ring (bicyclic) bond motifs is 1. The molecule has 6 nitrogen and oxygen atoms in total. The van der Waals surface area contributed by atoms with Crippen LogP contribution in [0.15, 0.2) is 60.2 Å². The molecule has 0 N–H and O–H groups in total. The highest BCUT2D eigenvalue weighted by atomic mass is 32.1. The number of anilines is 1. The Kier molecular flexibility index (Phi) is 5.57. The van der Waals surface area contributed by atoms with E-state index in [-0.39, 0.29) is 11.9 Å². The van der Waals surface area contributed by atoms with Gasteiger partial charge in [0, 0.05) is 62.0 Å². The molecule has 0 saturated carbocycles. The van der Waals surface area contributed by atoms with Crippen LogP contribution in [-0.4, -0.2) is 51.9 Å². The van der Waals surface area contributed by atoms with E-state index in [2.05, 4.69) is 39.5 Å². The van der Waals surface area contributed by atoms with Crippen LogP contribution in [0.3, 0.4) is 0 Å². The highest BCUT2D eigenvalue weighted by Gasteiger charge is 2.27. The van der Waals surface area contributed by atoms with Crippen LogP contribution in [-0.2, 0) is 4.79 Å². The number of carbonyl (C=O) groups excluding carboxylic acids is 1. The van der Waals surface area contributed by atoms with E-state index in [1.165, 1.54) is 11.1 Å². The summed E-state index contributed by atoms with van der Waals surface area (Å²) in [7, 11) is 1.90. The molecule has 1 aliphatic rings. The van der Waals surface area contributed by atoms with Gasteiger partial charge in [-0.3, -0.25) is 9.78 Å². The van der Waals surface area contributed by atoms with Crippen LogP contribution in [0.5, 0.6) is 0 Å². The summed E-state index contributed by atoms with van der Waals surface area (Å²) in [6.07, 6.45) is 5.42. The van der Waals surface area contributed by atoms with Gasteiger partial charge in [0.2, 0.25) is 5.91 Å². The Hall–Kier alpha value is -3.32. The topological polar surface area (TPSA) is 62.2 Å². The van der Waals surface area contributed by atoms with Gasteiger partial charge in [0.05, 0.1) is 5.39 Å². The van der Waals surface area contributed by atoms with E-state index in [1.54, 1.807) is 24.5 Å². The summed E-state index contributed by atoms with van der Waals surface area (Å²) >= 11 is 1.65. The number of hydrogen-bond donors (Lipinski definition) is 0. The summed E-state index contributed by atoms with van der Waals surface area (Å²) in [4.78, 5) is 31.2. The number of piperidine rings is 1. The van der Waals surface area contributed by atoms with Crippen molar-refractivity contribution in [1.82, 2.24) is 19.9 Å². The first-order chi connectivity index (χ1) is 15.6. The number of rotatable bonds is 4. The van der Waals surface area contributed by atoms with Gasteiger partial charge in [0.1, 0.15) is 10.6 Å². The molecule has 4 aromatic rings. The van der Waals surface area contributed by atoms with Crippen LogP contribution in [0.25, 0.3) is 32.7 Å². The normalized spacial score (nSPS) is 14.6. The lowest BCUT2D eigenvalue weighted by molar-refractivity contribution is -0.129. The summed E-state index contributed by atoms with van der Waals surface area (Å²) < 4.78 is 0. The molecule has 0 radical (unpaired) electrons. The van der Waals surface area contributed by atoms with Crippen molar-refractivity contribution in [3.8, 4) is 22.5 Å². The summed E-state index contributed by atoms with van der Waals surface area (Å²) in [5, 5.41) is 3.29. The Morgan fingerprint density at radius 2 is 1.81 bits per heavy atom. The summed E-state index contributed by atoms with van der Waals surface area (Å²) in [6, 6.07) is 14.6. The van der Waals surface area contributed by atoms with Gasteiger partial charge >= 0.3 is 0 Å². The Labute approximate surface area is 191 Å². The number of nitrogens with zero attached hydrogens (tertiary/aromatic N) is 5. The minimum atomic E-state index is 0.121. The van der Waals surface area contributed by atoms with Gasteiger partial charge in [-0.05, 0) is 30.5 Å². The summed E-state index contributed by atoms with van der Waals surface area (Å²) in [5.41, 5.74) is 3.25. The average Bonchev–Trinajstić information content (AvgIpc) is 3.28. The Morgan fingerprint density at radius 1 is 1.06 bits per heavy atom. The van der Waals surface area contributed by atoms with Gasteiger partial charge in [0.15, 0.2) is 5.82 Å². The molecule has 7 heteroatoms. The number of benzene rings is 1. The molecule has 162 valence electrons. The van der Waals surface area contributed by atoms with Crippen molar-refractivity contribution in [2.45, 2.75) is 25.8 Å². The fourth-order valence-corrected chi connectivity index (χ4v) is 5.27. The van der Waals surface area contributed by atoms with Crippen LogP contribution >= 0.6 is 11.3 Å². The number of thiophene rings is 1. The predicted octanol–water partition coefficient (Wildman–Crippen LogP) is 4.87. The second-order valence-electron chi connectivity index (χ2n) is 8.16. The van der Waals surface area contributed by atoms with Crippen molar-refractivity contribution < 1.29 is 4.79 Å². The Bertz CT molecular complexity index is 1230. The maximum Gasteiger partial charge on any atom is 0.219 e. The van der Waals surface area contributed by atoms with E-state index < -0.39 is 0 Å². The van der Waals surface area contributed by atoms with E-state index in [0.29, 0.717) is 5.82 Å². The average molecular weight is 444 g/mol. The SMILES string of the molecule is CC(=O)N(C)C1CCN(c2nc(-c3cccnc3)nc3scc(-c4ccccc4)c23)CC1. The van der Waals surface area contributed by atoms with Crippen LogP contribution in [0, 0.1) is 0 Å². The van der Waals surface area contributed by atoms with Gasteiger partial charge in [-0.1, -0.05) is 30.3 Å². The molecular weight excluding hydrogens is 418 g/mol. The molecule has 0 atom stereocenters. The molecule has 32 heavy (non-hydrogen) atoms. The van der Waals surface area contributed by atoms with Crippen molar-refractivity contribution in [1.29, 1.82) is 0 Å². The zero-order chi connectivity index (χ0) is 22.1. The maximum atomic E-state index is 11.8. The van der Waals surface area contributed by atoms with Crippen molar-refractivity contribution in [3.05, 3.63) is 60.2 Å². The van der Waals surface area contributed by atoms with Gasteiger partial charge in [-0.15, -0.1) is 11.3 Å². The highest BCUT2D eigenvalue weighted by Crippen LogP contribution is 2.40. The number of hydrogen-bond acceptors (Lipinski definition) is 6. The van der Waals surface area contributed by atoms with Crippen molar-refractivity contribution in [2.24, 2.45) is 0 Å². The molecule has 0 aliphatic carbocycles. The molecule has 1 aromatic carbocycles. The molecule has 0 bridgehead atoms. The largest absolute Gasteiger partial charge is 0.356 e. The minimum Gasteiger partial charge on any atom is -0.356 e. The third kappa shape index (κ3) is 3.84. The van der Waals surface area contributed by atoms with E-state index in [0.717, 1.165) is 47.5 Å². The second-order valence-corrected chi connectivity index (χ2v) is 9.01. The molecular formula is C25H25N5OS. The molecule has 1 aliphatic heterocycles. The zero-order valence-corrected chi connectivity index (χ0v) is 19.0. The van der Waals surface area contributed by atoms with Crippen molar-refractivity contribution in [3.63, 3.8) is 0 Å². The molecule has 0 spiro atoms. The van der Waals surface area contributed by atoms with Gasteiger partial charge in [0.25, 0.3) is 0 Å². The van der Waals surface area contributed by atoms with Crippen LogP contribution < -0.4 is 4.90 Å². The third-order valence-electron chi connectivity index (χ3n) is 6.23. The number of aromatic nitrogens is 3. The maximum absolute atomic E-state index is 11.8. The molecule has 3 aromatic heterocycles. The van der Waals surface area contributed by atoms with E-state index in [1.807, 2.05) is 36.3 Å². The van der Waals surface area contributed by atoms with E-state index >= 15 is 0 Å². The van der Waals surface area contributed by atoms with Gasteiger partial charge in [-0.2, -0.15) is 0 Å². The molecule has 0 unspecified atom stereocenters. The van der Waals surface area contributed by atoms with Gasteiger partial charge in [-0.25, -0.2) is 9.97 Å². The molecule has 1 amide bonds. The van der Waals surface area contributed by atoms with Crippen LogP contribution in [0.1, 0.15) is 19.8 Å².